The SMILES string of the molecule is Cc1ccc2nc(-c3ccc4c(c3)[C@@H]3C=CC[C@@H]3[C@H](c3ccc(F)cc3)N4)sc2c1. The van der Waals surface area contributed by atoms with Gasteiger partial charge in [-0.3, -0.25) is 0 Å². The molecule has 2 heterocycles. The molecule has 0 bridgehead atoms. The fourth-order valence-corrected chi connectivity index (χ4v) is 5.94. The number of halogens is 1. The molecule has 1 aromatic heterocycles. The highest BCUT2D eigenvalue weighted by atomic mass is 32.1. The first-order valence-corrected chi connectivity index (χ1v) is 11.2. The van der Waals surface area contributed by atoms with Gasteiger partial charge in [0.2, 0.25) is 0 Å². The number of anilines is 1. The van der Waals surface area contributed by atoms with E-state index < -0.39 is 0 Å². The minimum atomic E-state index is -0.188. The lowest BCUT2D eigenvalue weighted by molar-refractivity contribution is 0.425. The van der Waals surface area contributed by atoms with Crippen molar-refractivity contribution in [3.63, 3.8) is 0 Å². The Morgan fingerprint density at radius 2 is 1.90 bits per heavy atom. The monoisotopic (exact) mass is 412 g/mol. The molecule has 0 radical (unpaired) electrons. The summed E-state index contributed by atoms with van der Waals surface area (Å²) in [7, 11) is 0. The van der Waals surface area contributed by atoms with Crippen molar-refractivity contribution in [2.24, 2.45) is 5.92 Å². The van der Waals surface area contributed by atoms with Crippen molar-refractivity contribution in [2.75, 3.05) is 5.32 Å². The molecule has 3 atom stereocenters. The van der Waals surface area contributed by atoms with Gasteiger partial charge in [-0.2, -0.15) is 0 Å². The van der Waals surface area contributed by atoms with Crippen molar-refractivity contribution < 1.29 is 4.39 Å². The topological polar surface area (TPSA) is 24.9 Å². The third-order valence-corrected chi connectivity index (χ3v) is 7.45. The highest BCUT2D eigenvalue weighted by Gasteiger charge is 2.38. The zero-order valence-electron chi connectivity index (χ0n) is 16.6. The fourth-order valence-electron chi connectivity index (χ4n) is 4.88. The Hall–Kier alpha value is -2.98. The predicted octanol–water partition coefficient (Wildman–Crippen LogP) is 7.24. The number of aryl methyl sites for hydroxylation is 1. The minimum absolute atomic E-state index is 0.188. The van der Waals surface area contributed by atoms with Crippen molar-refractivity contribution in [3.05, 3.63) is 95.3 Å². The van der Waals surface area contributed by atoms with E-state index in [4.69, 9.17) is 4.98 Å². The molecular formula is C26H21FN2S. The highest BCUT2D eigenvalue weighted by molar-refractivity contribution is 7.21. The Kier molecular flexibility index (Phi) is 4.03. The summed E-state index contributed by atoms with van der Waals surface area (Å²) < 4.78 is 14.7. The Morgan fingerprint density at radius 3 is 2.77 bits per heavy atom. The van der Waals surface area contributed by atoms with Crippen LogP contribution in [0.4, 0.5) is 10.1 Å². The molecule has 1 N–H and O–H groups in total. The summed E-state index contributed by atoms with van der Waals surface area (Å²) in [6, 6.07) is 20.2. The summed E-state index contributed by atoms with van der Waals surface area (Å²) in [4.78, 5) is 4.87. The molecule has 0 amide bonds. The molecule has 0 spiro atoms. The first-order chi connectivity index (χ1) is 14.7. The van der Waals surface area contributed by atoms with E-state index in [-0.39, 0.29) is 11.9 Å². The van der Waals surface area contributed by atoms with E-state index in [1.807, 2.05) is 12.1 Å². The molecule has 2 nitrogen and oxygen atoms in total. The van der Waals surface area contributed by atoms with Crippen LogP contribution < -0.4 is 5.32 Å². The van der Waals surface area contributed by atoms with Crippen LogP contribution in [0.15, 0.2) is 72.8 Å². The standard InChI is InChI=1S/C26H21FN2S/c1-15-5-11-23-24(13-15)30-26(29-23)17-8-12-22-21(14-17)19-3-2-4-20(19)25(28-22)16-6-9-18(27)10-7-16/h2-3,5-14,19-20,25,28H,4H2,1H3/t19-,20+,25+/m1/s1. The van der Waals surface area contributed by atoms with Crippen LogP contribution in [0.2, 0.25) is 0 Å². The molecule has 1 aliphatic carbocycles. The maximum atomic E-state index is 13.4. The Balaban J connectivity index is 1.41. The fraction of sp³-hybridized carbons (Fsp3) is 0.192. The number of fused-ring (bicyclic) bond motifs is 4. The zero-order chi connectivity index (χ0) is 20.2. The molecule has 4 aromatic rings. The Morgan fingerprint density at radius 1 is 1.03 bits per heavy atom. The van der Waals surface area contributed by atoms with Crippen molar-refractivity contribution in [1.82, 2.24) is 4.98 Å². The first-order valence-electron chi connectivity index (χ1n) is 10.4. The van der Waals surface area contributed by atoms with Gasteiger partial charge in [0.25, 0.3) is 0 Å². The van der Waals surface area contributed by atoms with Crippen molar-refractivity contribution in [2.45, 2.75) is 25.3 Å². The van der Waals surface area contributed by atoms with Crippen LogP contribution in [0.3, 0.4) is 0 Å². The number of rotatable bonds is 2. The molecule has 148 valence electrons. The normalized spacial score (nSPS) is 22.0. The van der Waals surface area contributed by atoms with Crippen LogP contribution >= 0.6 is 11.3 Å². The molecule has 0 saturated heterocycles. The molecule has 2 aliphatic rings. The summed E-state index contributed by atoms with van der Waals surface area (Å²) in [6.45, 7) is 2.12. The van der Waals surface area contributed by atoms with Crippen LogP contribution in [-0.2, 0) is 0 Å². The average molecular weight is 413 g/mol. The van der Waals surface area contributed by atoms with Gasteiger partial charge in [0.1, 0.15) is 10.8 Å². The van der Waals surface area contributed by atoms with Gasteiger partial charge in [-0.05, 0) is 78.4 Å². The molecular weight excluding hydrogens is 391 g/mol. The van der Waals surface area contributed by atoms with Crippen LogP contribution in [0.5, 0.6) is 0 Å². The van der Waals surface area contributed by atoms with Gasteiger partial charge >= 0.3 is 0 Å². The third kappa shape index (κ3) is 2.86. The second-order valence-electron chi connectivity index (χ2n) is 8.32. The van der Waals surface area contributed by atoms with Gasteiger partial charge in [-0.15, -0.1) is 11.3 Å². The van der Waals surface area contributed by atoms with Gasteiger partial charge in [-0.1, -0.05) is 30.4 Å². The van der Waals surface area contributed by atoms with Crippen LogP contribution in [0, 0.1) is 18.7 Å². The summed E-state index contributed by atoms with van der Waals surface area (Å²) in [6.07, 6.45) is 5.66. The Labute approximate surface area is 179 Å². The van der Waals surface area contributed by atoms with Crippen LogP contribution in [0.1, 0.15) is 35.1 Å². The predicted molar refractivity (Wildman–Crippen MR) is 123 cm³/mol. The number of benzene rings is 3. The lowest BCUT2D eigenvalue weighted by Crippen LogP contribution is -2.29. The summed E-state index contributed by atoms with van der Waals surface area (Å²) in [5.41, 5.74) is 7.14. The molecule has 0 saturated carbocycles. The second kappa shape index (κ2) is 6.78. The molecule has 0 unspecified atom stereocenters. The number of nitrogens with one attached hydrogen (secondary N) is 1. The molecule has 4 heteroatoms. The number of allylic oxidation sites excluding steroid dienone is 2. The second-order valence-corrected chi connectivity index (χ2v) is 9.35. The van der Waals surface area contributed by atoms with Gasteiger partial charge < -0.3 is 5.32 Å². The lowest BCUT2D eigenvalue weighted by atomic mass is 9.76. The molecule has 0 fully saturated rings. The van der Waals surface area contributed by atoms with E-state index in [0.29, 0.717) is 11.8 Å². The molecule has 3 aromatic carbocycles. The first kappa shape index (κ1) is 17.8. The number of thiazole rings is 1. The maximum absolute atomic E-state index is 13.4. The summed E-state index contributed by atoms with van der Waals surface area (Å²) in [5, 5.41) is 4.80. The molecule has 6 rings (SSSR count). The van der Waals surface area contributed by atoms with E-state index in [1.54, 1.807) is 23.5 Å². The Bertz CT molecular complexity index is 1290. The molecule has 1 aliphatic heterocycles. The number of nitrogens with zero attached hydrogens (tertiary/aromatic N) is 1. The van der Waals surface area contributed by atoms with Gasteiger partial charge in [0.05, 0.1) is 16.3 Å². The van der Waals surface area contributed by atoms with Gasteiger partial charge in [-0.25, -0.2) is 9.37 Å². The zero-order valence-corrected chi connectivity index (χ0v) is 17.4. The van der Waals surface area contributed by atoms with Crippen molar-refractivity contribution >= 4 is 27.2 Å². The van der Waals surface area contributed by atoms with E-state index >= 15 is 0 Å². The van der Waals surface area contributed by atoms with E-state index in [9.17, 15) is 4.39 Å². The lowest BCUT2D eigenvalue weighted by Gasteiger charge is -2.37. The summed E-state index contributed by atoms with van der Waals surface area (Å²) in [5.74, 6) is 0.621. The van der Waals surface area contributed by atoms with Crippen molar-refractivity contribution in [1.29, 1.82) is 0 Å². The maximum Gasteiger partial charge on any atom is 0.124 e. The smallest absolute Gasteiger partial charge is 0.124 e. The highest BCUT2D eigenvalue weighted by Crippen LogP contribution is 2.50. The van der Waals surface area contributed by atoms with Crippen molar-refractivity contribution in [3.8, 4) is 10.6 Å². The van der Waals surface area contributed by atoms with Crippen LogP contribution in [0.25, 0.3) is 20.8 Å². The van der Waals surface area contributed by atoms with E-state index in [2.05, 4.69) is 60.8 Å². The van der Waals surface area contributed by atoms with Gasteiger partial charge in [0, 0.05) is 17.2 Å². The minimum Gasteiger partial charge on any atom is -0.378 e. The van der Waals surface area contributed by atoms with Gasteiger partial charge in [0.15, 0.2) is 0 Å². The van der Waals surface area contributed by atoms with E-state index in [0.717, 1.165) is 28.2 Å². The van der Waals surface area contributed by atoms with E-state index in [1.165, 1.54) is 21.4 Å². The summed E-state index contributed by atoms with van der Waals surface area (Å²) >= 11 is 1.75. The van der Waals surface area contributed by atoms with Crippen LogP contribution in [-0.4, -0.2) is 4.98 Å². The largest absolute Gasteiger partial charge is 0.378 e. The number of hydrogen-bond acceptors (Lipinski definition) is 3. The quantitative estimate of drug-likeness (QED) is 0.351. The third-order valence-electron chi connectivity index (χ3n) is 6.38. The average Bonchev–Trinajstić information content (AvgIpc) is 3.40. The molecule has 30 heavy (non-hydrogen) atoms. The number of aromatic nitrogens is 1. The number of hydrogen-bond donors (Lipinski definition) is 1.